The van der Waals surface area contributed by atoms with E-state index in [9.17, 15) is 0 Å². The molecule has 78 valence electrons. The molecule has 0 amide bonds. The summed E-state index contributed by atoms with van der Waals surface area (Å²) in [5, 5.41) is 0. The maximum atomic E-state index is 5.42. The smallest absolute Gasteiger partial charge is 0.0952 e. The summed E-state index contributed by atoms with van der Waals surface area (Å²) in [5.74, 6) is 0.794. The second-order valence-electron chi connectivity index (χ2n) is 5.19. The second kappa shape index (κ2) is 4.43. The molecular weight excluding hydrogens is 164 g/mol. The first kappa shape index (κ1) is 11.0. The largest absolute Gasteiger partial charge is 0.233 e. The molecule has 0 saturated heterocycles. The lowest BCUT2D eigenvalue weighted by Gasteiger charge is -2.28. The molecule has 0 aromatic heterocycles. The minimum absolute atomic E-state index is 0.180. The van der Waals surface area contributed by atoms with Crippen LogP contribution in [0.15, 0.2) is 0 Å². The lowest BCUT2D eigenvalue weighted by Crippen LogP contribution is -2.27. The topological polar surface area (TPSA) is 18.5 Å². The normalized spacial score (nSPS) is 30.5. The molecule has 1 rings (SSSR count). The van der Waals surface area contributed by atoms with E-state index in [0.717, 1.165) is 18.8 Å². The van der Waals surface area contributed by atoms with E-state index in [0.29, 0.717) is 6.10 Å². The highest BCUT2D eigenvalue weighted by Crippen LogP contribution is 2.26. The fourth-order valence-corrected chi connectivity index (χ4v) is 1.68. The van der Waals surface area contributed by atoms with Gasteiger partial charge in [-0.15, -0.1) is 0 Å². The molecule has 0 bridgehead atoms. The molecule has 2 unspecified atom stereocenters. The Morgan fingerprint density at radius 2 is 1.85 bits per heavy atom. The molecule has 1 fully saturated rings. The highest BCUT2D eigenvalue weighted by atomic mass is 17.2. The molecule has 13 heavy (non-hydrogen) atoms. The van der Waals surface area contributed by atoms with Crippen molar-refractivity contribution in [3.05, 3.63) is 0 Å². The number of hydrogen-bond donors (Lipinski definition) is 0. The molecule has 0 aromatic rings. The van der Waals surface area contributed by atoms with Crippen LogP contribution in [0.2, 0.25) is 0 Å². The van der Waals surface area contributed by atoms with E-state index >= 15 is 0 Å². The molecule has 2 atom stereocenters. The fourth-order valence-electron chi connectivity index (χ4n) is 1.68. The van der Waals surface area contributed by atoms with E-state index in [4.69, 9.17) is 9.78 Å². The Bertz CT molecular complexity index is 149. The fraction of sp³-hybridized carbons (Fsp3) is 1.00. The van der Waals surface area contributed by atoms with Gasteiger partial charge in [0.15, 0.2) is 0 Å². The van der Waals surface area contributed by atoms with Crippen LogP contribution < -0.4 is 0 Å². The van der Waals surface area contributed by atoms with E-state index in [-0.39, 0.29) is 5.60 Å². The predicted molar refractivity (Wildman–Crippen MR) is 53.3 cm³/mol. The molecule has 1 aliphatic rings. The quantitative estimate of drug-likeness (QED) is 0.486. The van der Waals surface area contributed by atoms with Crippen LogP contribution in [0.4, 0.5) is 0 Å². The molecule has 0 radical (unpaired) electrons. The van der Waals surface area contributed by atoms with Gasteiger partial charge in [-0.1, -0.05) is 19.8 Å². The average molecular weight is 186 g/mol. The van der Waals surface area contributed by atoms with Gasteiger partial charge in [0, 0.05) is 0 Å². The minimum atomic E-state index is -0.180. The molecule has 0 heterocycles. The van der Waals surface area contributed by atoms with Crippen molar-refractivity contribution in [2.75, 3.05) is 0 Å². The Labute approximate surface area is 81.5 Å². The molecule has 2 nitrogen and oxygen atoms in total. The monoisotopic (exact) mass is 186 g/mol. The standard InChI is InChI=1S/C11H22O2/c1-9-6-5-7-10(8-9)12-13-11(2,3)4/h9-10H,5-8H2,1-4H3. The molecular formula is C11H22O2. The van der Waals surface area contributed by atoms with Crippen LogP contribution in [0.25, 0.3) is 0 Å². The zero-order valence-corrected chi connectivity index (χ0v) is 9.30. The van der Waals surface area contributed by atoms with Crippen molar-refractivity contribution < 1.29 is 9.78 Å². The summed E-state index contributed by atoms with van der Waals surface area (Å²) in [6.45, 7) is 8.32. The van der Waals surface area contributed by atoms with Crippen LogP contribution in [0.3, 0.4) is 0 Å². The third kappa shape index (κ3) is 4.63. The molecule has 1 aliphatic carbocycles. The predicted octanol–water partition coefficient (Wildman–Crippen LogP) is 3.31. The summed E-state index contributed by atoms with van der Waals surface area (Å²) < 4.78 is 0. The zero-order chi connectivity index (χ0) is 9.90. The SMILES string of the molecule is CC1CCCC(OOC(C)(C)C)C1. The third-order valence-electron chi connectivity index (χ3n) is 2.32. The first-order valence-corrected chi connectivity index (χ1v) is 5.32. The average Bonchev–Trinajstić information content (AvgIpc) is 2.00. The van der Waals surface area contributed by atoms with Crippen molar-refractivity contribution in [2.45, 2.75) is 65.1 Å². The highest BCUT2D eigenvalue weighted by molar-refractivity contribution is 4.69. The minimum Gasteiger partial charge on any atom is -0.233 e. The van der Waals surface area contributed by atoms with Crippen LogP contribution in [-0.4, -0.2) is 11.7 Å². The molecule has 0 spiro atoms. The Morgan fingerprint density at radius 3 is 2.38 bits per heavy atom. The van der Waals surface area contributed by atoms with Gasteiger partial charge in [0.05, 0.1) is 11.7 Å². The molecule has 0 aromatic carbocycles. The summed E-state index contributed by atoms with van der Waals surface area (Å²) >= 11 is 0. The van der Waals surface area contributed by atoms with Crippen LogP contribution >= 0.6 is 0 Å². The van der Waals surface area contributed by atoms with Gasteiger partial charge in [-0.05, 0) is 39.5 Å². The van der Waals surface area contributed by atoms with Crippen LogP contribution in [0.5, 0.6) is 0 Å². The van der Waals surface area contributed by atoms with Crippen molar-refractivity contribution >= 4 is 0 Å². The third-order valence-corrected chi connectivity index (χ3v) is 2.32. The van der Waals surface area contributed by atoms with Gasteiger partial charge in [-0.2, -0.15) is 0 Å². The lowest BCUT2D eigenvalue weighted by atomic mass is 9.89. The van der Waals surface area contributed by atoms with Gasteiger partial charge in [-0.3, -0.25) is 0 Å². The summed E-state index contributed by atoms with van der Waals surface area (Å²) in [6, 6.07) is 0. The number of rotatable bonds is 2. The zero-order valence-electron chi connectivity index (χ0n) is 9.30. The Hall–Kier alpha value is -0.0800. The van der Waals surface area contributed by atoms with Crippen LogP contribution in [-0.2, 0) is 9.78 Å². The summed E-state index contributed by atoms with van der Waals surface area (Å²) in [4.78, 5) is 10.7. The van der Waals surface area contributed by atoms with Crippen molar-refractivity contribution in [1.82, 2.24) is 0 Å². The van der Waals surface area contributed by atoms with Gasteiger partial charge >= 0.3 is 0 Å². The van der Waals surface area contributed by atoms with Gasteiger partial charge in [0.25, 0.3) is 0 Å². The highest BCUT2D eigenvalue weighted by Gasteiger charge is 2.22. The van der Waals surface area contributed by atoms with Gasteiger partial charge in [0.2, 0.25) is 0 Å². The molecule has 2 heteroatoms. The van der Waals surface area contributed by atoms with Gasteiger partial charge < -0.3 is 0 Å². The van der Waals surface area contributed by atoms with Gasteiger partial charge in [0.1, 0.15) is 0 Å². The van der Waals surface area contributed by atoms with E-state index in [1.54, 1.807) is 0 Å². The molecule has 1 saturated carbocycles. The number of hydrogen-bond acceptors (Lipinski definition) is 2. The summed E-state index contributed by atoms with van der Waals surface area (Å²) in [6.07, 6.45) is 5.24. The summed E-state index contributed by atoms with van der Waals surface area (Å²) in [7, 11) is 0. The maximum absolute atomic E-state index is 5.42. The summed E-state index contributed by atoms with van der Waals surface area (Å²) in [5.41, 5.74) is -0.180. The first-order chi connectivity index (χ1) is 5.97. The van der Waals surface area contributed by atoms with Gasteiger partial charge in [-0.25, -0.2) is 9.78 Å². The molecule has 0 N–H and O–H groups in total. The van der Waals surface area contributed by atoms with E-state index in [1.807, 2.05) is 20.8 Å². The maximum Gasteiger partial charge on any atom is 0.0952 e. The van der Waals surface area contributed by atoms with Crippen molar-refractivity contribution in [2.24, 2.45) is 5.92 Å². The van der Waals surface area contributed by atoms with E-state index < -0.39 is 0 Å². The van der Waals surface area contributed by atoms with Crippen molar-refractivity contribution in [1.29, 1.82) is 0 Å². The Kier molecular flexibility index (Phi) is 3.74. The lowest BCUT2D eigenvalue weighted by molar-refractivity contribution is -0.377. The first-order valence-electron chi connectivity index (χ1n) is 5.32. The second-order valence-corrected chi connectivity index (χ2v) is 5.19. The van der Waals surface area contributed by atoms with Crippen molar-refractivity contribution in [3.63, 3.8) is 0 Å². The Balaban J connectivity index is 2.21. The van der Waals surface area contributed by atoms with Crippen LogP contribution in [0, 0.1) is 5.92 Å². The van der Waals surface area contributed by atoms with E-state index in [1.165, 1.54) is 12.8 Å². The van der Waals surface area contributed by atoms with Crippen molar-refractivity contribution in [3.8, 4) is 0 Å². The Morgan fingerprint density at radius 1 is 1.15 bits per heavy atom. The van der Waals surface area contributed by atoms with Crippen LogP contribution in [0.1, 0.15) is 53.4 Å². The van der Waals surface area contributed by atoms with E-state index in [2.05, 4.69) is 6.92 Å². The molecule has 0 aliphatic heterocycles.